The van der Waals surface area contributed by atoms with Crippen molar-refractivity contribution in [2.45, 2.75) is 13.8 Å². The minimum Gasteiger partial charge on any atom is -1.00 e. The van der Waals surface area contributed by atoms with Gasteiger partial charge in [-0.2, -0.15) is 0 Å². The van der Waals surface area contributed by atoms with Gasteiger partial charge in [-0.3, -0.25) is 0 Å². The third-order valence-electron chi connectivity index (χ3n) is 0. The normalized spacial score (nSPS) is 1.50. The van der Waals surface area contributed by atoms with E-state index in [-0.39, 0.29) is 23.1 Å². The SMILES string of the molecule is CC.[Br-].[NH4+]. The highest BCUT2D eigenvalue weighted by Crippen LogP contribution is 1.14. The van der Waals surface area contributed by atoms with Crippen molar-refractivity contribution in [2.24, 2.45) is 0 Å². The smallest absolute Gasteiger partial charge is 0.0683 e. The molecule has 1 nitrogen and oxygen atoms in total. The largest absolute Gasteiger partial charge is 1.00 e. The first kappa shape index (κ1) is 25.3. The number of hydrogen-bond donors (Lipinski definition) is 1. The van der Waals surface area contributed by atoms with E-state index >= 15 is 0 Å². The third-order valence-corrected chi connectivity index (χ3v) is 0. The van der Waals surface area contributed by atoms with Gasteiger partial charge >= 0.3 is 0 Å². The maximum absolute atomic E-state index is 2.00. The van der Waals surface area contributed by atoms with E-state index < -0.39 is 0 Å². The lowest BCUT2D eigenvalue weighted by Crippen LogP contribution is -3.00. The Kier molecular flexibility index (Phi) is 670. The van der Waals surface area contributed by atoms with Crippen LogP contribution in [0.2, 0.25) is 0 Å². The van der Waals surface area contributed by atoms with E-state index in [1.165, 1.54) is 0 Å². The quantitative estimate of drug-likeness (QED) is 0.408. The molecule has 30 valence electrons. The Hall–Kier alpha value is 0.440. The van der Waals surface area contributed by atoms with Crippen LogP contribution in [0.3, 0.4) is 0 Å². The minimum atomic E-state index is 0. The minimum absolute atomic E-state index is 0. The molecule has 4 heavy (non-hydrogen) atoms. The third kappa shape index (κ3) is 26.1. The van der Waals surface area contributed by atoms with Crippen LogP contribution in [-0.2, 0) is 0 Å². The first-order chi connectivity index (χ1) is 1.00. The van der Waals surface area contributed by atoms with Gasteiger partial charge in [0.05, 0.1) is 0 Å². The molecule has 0 amide bonds. The maximum atomic E-state index is 2.00. The van der Waals surface area contributed by atoms with Crippen molar-refractivity contribution in [3.05, 3.63) is 0 Å². The Bertz CT molecular complexity index is 6.00. The molecular formula is C2H10BrN. The van der Waals surface area contributed by atoms with Gasteiger partial charge in [0, 0.05) is 0 Å². The fourth-order valence-electron chi connectivity index (χ4n) is 0. The van der Waals surface area contributed by atoms with Crippen molar-refractivity contribution < 1.29 is 17.0 Å². The molecule has 0 unspecified atom stereocenters. The summed E-state index contributed by atoms with van der Waals surface area (Å²) in [6.45, 7) is 4.00. The van der Waals surface area contributed by atoms with Crippen molar-refractivity contribution in [1.29, 1.82) is 0 Å². The van der Waals surface area contributed by atoms with Crippen LogP contribution in [0, 0.1) is 0 Å². The molecule has 0 saturated carbocycles. The van der Waals surface area contributed by atoms with Gasteiger partial charge in [0.25, 0.3) is 0 Å². The molecule has 2 heteroatoms. The molecule has 0 saturated heterocycles. The summed E-state index contributed by atoms with van der Waals surface area (Å²) in [5.74, 6) is 0. The van der Waals surface area contributed by atoms with Gasteiger partial charge in [-0.15, -0.1) is 0 Å². The Morgan fingerprint density at radius 3 is 1.00 bits per heavy atom. The second-order valence-corrected chi connectivity index (χ2v) is 0. The Morgan fingerprint density at radius 2 is 1.00 bits per heavy atom. The summed E-state index contributed by atoms with van der Waals surface area (Å²) in [5.41, 5.74) is 0. The zero-order valence-electron chi connectivity index (χ0n) is 3.38. The number of rotatable bonds is 0. The van der Waals surface area contributed by atoms with Gasteiger partial charge in [0.2, 0.25) is 0 Å². The summed E-state index contributed by atoms with van der Waals surface area (Å²) in [6, 6.07) is 0. The lowest BCUT2D eigenvalue weighted by Gasteiger charge is -1.07. The molecule has 0 fully saturated rings. The van der Waals surface area contributed by atoms with Crippen molar-refractivity contribution in [3.8, 4) is 0 Å². The molecule has 0 aromatic heterocycles. The van der Waals surface area contributed by atoms with Crippen molar-refractivity contribution >= 4 is 0 Å². The van der Waals surface area contributed by atoms with E-state index in [4.69, 9.17) is 0 Å². The van der Waals surface area contributed by atoms with Gasteiger partial charge in [-0.05, 0) is 0 Å². The van der Waals surface area contributed by atoms with E-state index in [0.29, 0.717) is 0 Å². The van der Waals surface area contributed by atoms with Crippen LogP contribution in [0.1, 0.15) is 13.8 Å². The van der Waals surface area contributed by atoms with Gasteiger partial charge in [-0.1, -0.05) is 13.8 Å². The average molecular weight is 128 g/mol. The highest BCUT2D eigenvalue weighted by atomic mass is 79.9. The van der Waals surface area contributed by atoms with Crippen molar-refractivity contribution in [3.63, 3.8) is 0 Å². The van der Waals surface area contributed by atoms with Crippen LogP contribution in [0.25, 0.3) is 0 Å². The summed E-state index contributed by atoms with van der Waals surface area (Å²) >= 11 is 0. The Labute approximate surface area is 37.8 Å². The molecule has 0 atom stereocenters. The highest BCUT2D eigenvalue weighted by molar-refractivity contribution is 3.50. The van der Waals surface area contributed by atoms with Gasteiger partial charge < -0.3 is 23.1 Å². The number of hydrogen-bond acceptors (Lipinski definition) is 0. The van der Waals surface area contributed by atoms with E-state index in [0.717, 1.165) is 0 Å². The summed E-state index contributed by atoms with van der Waals surface area (Å²) in [7, 11) is 0. The molecule has 0 heterocycles. The molecule has 0 radical (unpaired) electrons. The lowest BCUT2D eigenvalue weighted by molar-refractivity contribution is -0.00000104. The standard InChI is InChI=1S/C2H6.BrH.H3N/c1-2;;/h1-2H3;1H;1H3. The summed E-state index contributed by atoms with van der Waals surface area (Å²) in [5, 5.41) is 0. The van der Waals surface area contributed by atoms with E-state index in [1.807, 2.05) is 13.8 Å². The molecule has 0 aliphatic rings. The van der Waals surface area contributed by atoms with E-state index in [9.17, 15) is 0 Å². The number of quaternary nitrogens is 1. The zero-order chi connectivity index (χ0) is 2.00. The molecule has 0 aromatic carbocycles. The van der Waals surface area contributed by atoms with Crippen LogP contribution >= 0.6 is 0 Å². The van der Waals surface area contributed by atoms with Gasteiger partial charge in [0.15, 0.2) is 0 Å². The lowest BCUT2D eigenvalue weighted by atomic mass is 11.0. The monoisotopic (exact) mass is 127 g/mol. The van der Waals surface area contributed by atoms with Crippen molar-refractivity contribution in [2.75, 3.05) is 0 Å². The van der Waals surface area contributed by atoms with Gasteiger partial charge in [-0.25, -0.2) is 0 Å². The number of halogens is 1. The topological polar surface area (TPSA) is 36.5 Å². The molecule has 0 aliphatic heterocycles. The fourth-order valence-corrected chi connectivity index (χ4v) is 0. The molecule has 0 rings (SSSR count). The highest BCUT2D eigenvalue weighted by Gasteiger charge is 0.932. The summed E-state index contributed by atoms with van der Waals surface area (Å²) in [6.07, 6.45) is 0. The molecule has 0 aliphatic carbocycles. The first-order valence-corrected chi connectivity index (χ1v) is 1.00. The Balaban J connectivity index is -0.00000000500. The Morgan fingerprint density at radius 1 is 1.00 bits per heavy atom. The fraction of sp³-hybridized carbons (Fsp3) is 1.00. The predicted molar refractivity (Wildman–Crippen MR) is 17.3 cm³/mol. The van der Waals surface area contributed by atoms with E-state index in [2.05, 4.69) is 0 Å². The summed E-state index contributed by atoms with van der Waals surface area (Å²) < 4.78 is 0. The maximum Gasteiger partial charge on any atom is -0.0683 e. The molecule has 0 aromatic rings. The van der Waals surface area contributed by atoms with Crippen LogP contribution in [0.4, 0.5) is 0 Å². The predicted octanol–water partition coefficient (Wildman–Crippen LogP) is -1.59. The summed E-state index contributed by atoms with van der Waals surface area (Å²) in [4.78, 5) is 0. The van der Waals surface area contributed by atoms with Crippen LogP contribution in [0.5, 0.6) is 0 Å². The molecule has 4 N–H and O–H groups in total. The van der Waals surface area contributed by atoms with Gasteiger partial charge in [0.1, 0.15) is 0 Å². The van der Waals surface area contributed by atoms with Crippen molar-refractivity contribution in [1.82, 2.24) is 6.15 Å². The first-order valence-electron chi connectivity index (χ1n) is 1.00. The molecule has 0 bridgehead atoms. The van der Waals surface area contributed by atoms with E-state index in [1.54, 1.807) is 0 Å². The zero-order valence-corrected chi connectivity index (χ0v) is 4.96. The van der Waals surface area contributed by atoms with Crippen LogP contribution in [-0.4, -0.2) is 0 Å². The van der Waals surface area contributed by atoms with Crippen LogP contribution < -0.4 is 23.1 Å². The molecular weight excluding hydrogens is 118 g/mol. The second-order valence-electron chi connectivity index (χ2n) is 0. The second kappa shape index (κ2) is 106. The van der Waals surface area contributed by atoms with Crippen LogP contribution in [0.15, 0.2) is 0 Å². The average Bonchev–Trinajstić information content (AvgIpc) is 1.00. The molecule has 0 spiro atoms.